The first-order chi connectivity index (χ1) is 6.99. The molecule has 0 aromatic heterocycles. The summed E-state index contributed by atoms with van der Waals surface area (Å²) in [7, 11) is 3.25. The van der Waals surface area contributed by atoms with E-state index >= 15 is 0 Å². The lowest BCUT2D eigenvalue weighted by Crippen LogP contribution is -2.00. The Morgan fingerprint density at radius 1 is 1.13 bits per heavy atom. The van der Waals surface area contributed by atoms with Crippen molar-refractivity contribution < 1.29 is 24.5 Å². The van der Waals surface area contributed by atoms with Crippen LogP contribution in [0.1, 0.15) is 6.92 Å². The number of methoxy groups -OCH3 is 1. The van der Waals surface area contributed by atoms with Crippen molar-refractivity contribution in [1.82, 2.24) is 0 Å². The van der Waals surface area contributed by atoms with E-state index in [1.54, 1.807) is 14.2 Å². The van der Waals surface area contributed by atoms with E-state index in [9.17, 15) is 4.79 Å². The van der Waals surface area contributed by atoms with Crippen LogP contribution in [0.25, 0.3) is 0 Å². The maximum absolute atomic E-state index is 10.5. The minimum absolute atomic E-state index is 0.125. The molecular weight excluding hydrogens is 200 g/mol. The number of aromatic hydroxyl groups is 2. The molecule has 0 aliphatic rings. The van der Waals surface area contributed by atoms with Gasteiger partial charge in [-0.1, -0.05) is 0 Å². The highest BCUT2D eigenvalue weighted by molar-refractivity contribution is 5.69. The smallest absolute Gasteiger partial charge is 0.308 e. The monoisotopic (exact) mass is 214 g/mol. The van der Waals surface area contributed by atoms with Crippen molar-refractivity contribution in [3.63, 3.8) is 0 Å². The van der Waals surface area contributed by atoms with Gasteiger partial charge in [0.15, 0.2) is 0 Å². The van der Waals surface area contributed by atoms with Crippen molar-refractivity contribution in [2.24, 2.45) is 0 Å². The molecule has 0 atom stereocenters. The summed E-state index contributed by atoms with van der Waals surface area (Å²) >= 11 is 0. The first-order valence-corrected chi connectivity index (χ1v) is 4.11. The van der Waals surface area contributed by atoms with Crippen LogP contribution in [-0.4, -0.2) is 30.4 Å². The first-order valence-electron chi connectivity index (χ1n) is 4.11. The van der Waals surface area contributed by atoms with E-state index in [1.165, 1.54) is 19.1 Å². The van der Waals surface area contributed by atoms with Crippen molar-refractivity contribution in [2.75, 3.05) is 14.2 Å². The number of carbonyl (C=O) groups is 1. The van der Waals surface area contributed by atoms with Gasteiger partial charge in [-0.15, -0.1) is 0 Å². The minimum atomic E-state index is -0.500. The lowest BCUT2D eigenvalue weighted by atomic mass is 10.3. The van der Waals surface area contributed by atoms with Gasteiger partial charge >= 0.3 is 5.97 Å². The molecule has 0 spiro atoms. The fraction of sp³-hybridized carbons (Fsp3) is 0.300. The molecule has 1 aromatic carbocycles. The van der Waals surface area contributed by atoms with Crippen LogP contribution >= 0.6 is 0 Å². The molecule has 5 nitrogen and oxygen atoms in total. The van der Waals surface area contributed by atoms with Gasteiger partial charge in [0.05, 0.1) is 0 Å². The Hall–Kier alpha value is -1.75. The van der Waals surface area contributed by atoms with E-state index in [-0.39, 0.29) is 17.2 Å². The zero-order chi connectivity index (χ0) is 11.8. The Morgan fingerprint density at radius 3 is 1.87 bits per heavy atom. The number of ether oxygens (including phenoxy) is 2. The second-order valence-corrected chi connectivity index (χ2v) is 2.69. The molecule has 84 valence electrons. The second kappa shape index (κ2) is 6.67. The number of benzene rings is 1. The maximum atomic E-state index is 10.5. The van der Waals surface area contributed by atoms with Crippen molar-refractivity contribution in [1.29, 1.82) is 0 Å². The molecular formula is C10H14O5. The van der Waals surface area contributed by atoms with E-state index in [0.29, 0.717) is 0 Å². The Morgan fingerprint density at radius 2 is 1.53 bits per heavy atom. The van der Waals surface area contributed by atoms with E-state index in [1.807, 2.05) is 0 Å². The highest BCUT2D eigenvalue weighted by Gasteiger charge is 2.01. The Balaban J connectivity index is 0.000000583. The zero-order valence-corrected chi connectivity index (χ0v) is 8.85. The van der Waals surface area contributed by atoms with E-state index in [4.69, 9.17) is 10.2 Å². The van der Waals surface area contributed by atoms with Gasteiger partial charge in [0, 0.05) is 39.3 Å². The van der Waals surface area contributed by atoms with Crippen LogP contribution < -0.4 is 4.74 Å². The van der Waals surface area contributed by atoms with Gasteiger partial charge in [0.2, 0.25) is 0 Å². The third kappa shape index (κ3) is 6.34. The molecule has 0 bridgehead atoms. The van der Waals surface area contributed by atoms with Crippen molar-refractivity contribution in [3.05, 3.63) is 18.2 Å². The molecule has 2 N–H and O–H groups in total. The molecule has 5 heteroatoms. The first kappa shape index (κ1) is 13.2. The molecule has 1 rings (SSSR count). The van der Waals surface area contributed by atoms with E-state index < -0.39 is 5.97 Å². The quantitative estimate of drug-likeness (QED) is 0.544. The number of rotatable bonds is 1. The summed E-state index contributed by atoms with van der Waals surface area (Å²) in [6, 6.07) is 3.62. The summed E-state index contributed by atoms with van der Waals surface area (Å²) in [4.78, 5) is 10.5. The molecule has 0 radical (unpaired) electrons. The van der Waals surface area contributed by atoms with E-state index in [2.05, 4.69) is 9.47 Å². The molecule has 0 heterocycles. The van der Waals surface area contributed by atoms with Gasteiger partial charge in [0.1, 0.15) is 17.2 Å². The average molecular weight is 214 g/mol. The molecule has 0 saturated carbocycles. The fourth-order valence-corrected chi connectivity index (χ4v) is 0.793. The predicted octanol–water partition coefficient (Wildman–Crippen LogP) is 1.29. The summed E-state index contributed by atoms with van der Waals surface area (Å²) in [6.45, 7) is 1.24. The Kier molecular flexibility index (Phi) is 5.89. The highest BCUT2D eigenvalue weighted by atomic mass is 16.5. The van der Waals surface area contributed by atoms with Crippen LogP contribution in [0.3, 0.4) is 0 Å². The van der Waals surface area contributed by atoms with E-state index in [0.717, 1.165) is 6.07 Å². The van der Waals surface area contributed by atoms with Crippen LogP contribution in [0.4, 0.5) is 0 Å². The molecule has 0 aliphatic carbocycles. The fourth-order valence-electron chi connectivity index (χ4n) is 0.793. The standard InChI is InChI=1S/C8H8O4.C2H6O/c1-5(9)12-8-3-6(10)2-7(11)4-8;1-3-2/h2-4,10-11H,1H3;1-2H3. The number of hydrogen-bond donors (Lipinski definition) is 2. The van der Waals surface area contributed by atoms with Crippen LogP contribution in [-0.2, 0) is 9.53 Å². The van der Waals surface area contributed by atoms with Crippen LogP contribution in [0.15, 0.2) is 18.2 Å². The summed E-state index contributed by atoms with van der Waals surface area (Å²) in [5.41, 5.74) is 0. The second-order valence-electron chi connectivity index (χ2n) is 2.69. The van der Waals surface area contributed by atoms with Crippen LogP contribution in [0, 0.1) is 0 Å². The van der Waals surface area contributed by atoms with Gasteiger partial charge in [-0.25, -0.2) is 0 Å². The molecule has 0 saturated heterocycles. The SMILES string of the molecule is CC(=O)Oc1cc(O)cc(O)c1.COC. The van der Waals surface area contributed by atoms with Gasteiger partial charge in [0.25, 0.3) is 0 Å². The summed E-state index contributed by atoms with van der Waals surface area (Å²) in [6.07, 6.45) is 0. The molecule has 0 fully saturated rings. The molecule has 1 aromatic rings. The number of hydrogen-bond acceptors (Lipinski definition) is 5. The molecule has 0 aliphatic heterocycles. The minimum Gasteiger partial charge on any atom is -0.508 e. The third-order valence-corrected chi connectivity index (χ3v) is 1.14. The van der Waals surface area contributed by atoms with Gasteiger partial charge in [-0.05, 0) is 0 Å². The lowest BCUT2D eigenvalue weighted by Gasteiger charge is -2.01. The highest BCUT2D eigenvalue weighted by Crippen LogP contribution is 2.25. The van der Waals surface area contributed by atoms with Crippen molar-refractivity contribution >= 4 is 5.97 Å². The van der Waals surface area contributed by atoms with Crippen molar-refractivity contribution in [2.45, 2.75) is 6.92 Å². The van der Waals surface area contributed by atoms with Crippen LogP contribution in [0.2, 0.25) is 0 Å². The molecule has 15 heavy (non-hydrogen) atoms. The zero-order valence-electron chi connectivity index (χ0n) is 8.85. The molecule has 0 unspecified atom stereocenters. The number of phenols is 2. The van der Waals surface area contributed by atoms with Gasteiger partial charge < -0.3 is 19.7 Å². The summed E-state index contributed by atoms with van der Waals surface area (Å²) in [5.74, 6) is -0.669. The van der Waals surface area contributed by atoms with Gasteiger partial charge in [-0.2, -0.15) is 0 Å². The Bertz CT molecular complexity index is 301. The van der Waals surface area contributed by atoms with Crippen LogP contribution in [0.5, 0.6) is 17.2 Å². The van der Waals surface area contributed by atoms with Gasteiger partial charge in [-0.3, -0.25) is 4.79 Å². The average Bonchev–Trinajstić information content (AvgIpc) is 2.00. The summed E-state index contributed by atoms with van der Waals surface area (Å²) < 4.78 is 8.87. The maximum Gasteiger partial charge on any atom is 0.308 e. The predicted molar refractivity (Wildman–Crippen MR) is 54.0 cm³/mol. The molecule has 0 amide bonds. The number of esters is 1. The van der Waals surface area contributed by atoms with Crippen molar-refractivity contribution in [3.8, 4) is 17.2 Å². The third-order valence-electron chi connectivity index (χ3n) is 1.14. The normalized spacial score (nSPS) is 8.73. The lowest BCUT2D eigenvalue weighted by molar-refractivity contribution is -0.131. The Labute approximate surface area is 87.9 Å². The summed E-state index contributed by atoms with van der Waals surface area (Å²) in [5, 5.41) is 17.9. The largest absolute Gasteiger partial charge is 0.508 e. The topological polar surface area (TPSA) is 76.0 Å². The number of phenolic OH excluding ortho intramolecular Hbond substituents is 2. The number of carbonyl (C=O) groups excluding carboxylic acids is 1.